The number of rotatable bonds is 1. The summed E-state index contributed by atoms with van der Waals surface area (Å²) < 4.78 is 6.47. The van der Waals surface area contributed by atoms with Crippen LogP contribution in [0.15, 0.2) is 40.9 Å². The van der Waals surface area contributed by atoms with Crippen LogP contribution in [-0.4, -0.2) is 5.11 Å². The first-order valence-corrected chi connectivity index (χ1v) is 7.41. The molecule has 20 heavy (non-hydrogen) atoms. The first-order valence-electron chi connectivity index (χ1n) is 5.86. The van der Waals surface area contributed by atoms with Gasteiger partial charge < -0.3 is 9.84 Å². The van der Waals surface area contributed by atoms with E-state index in [0.29, 0.717) is 21.4 Å². The van der Waals surface area contributed by atoms with E-state index >= 15 is 0 Å². The van der Waals surface area contributed by atoms with Crippen LogP contribution in [0.2, 0.25) is 10.0 Å². The van der Waals surface area contributed by atoms with Crippen molar-refractivity contribution in [2.24, 2.45) is 0 Å². The molecule has 0 amide bonds. The van der Waals surface area contributed by atoms with Crippen molar-refractivity contribution in [3.8, 4) is 0 Å². The van der Waals surface area contributed by atoms with Gasteiger partial charge in [-0.15, -0.1) is 0 Å². The summed E-state index contributed by atoms with van der Waals surface area (Å²) >= 11 is 15.5. The summed E-state index contributed by atoms with van der Waals surface area (Å²) in [6.45, 7) is 0. The molecule has 0 saturated heterocycles. The SMILES string of the molecule is OC1O/C(=C\c2ccc(Br)cc2)c2ccc(Cl)c(Cl)c21. The molecule has 1 heterocycles. The number of fused-ring (bicyclic) bond motifs is 1. The summed E-state index contributed by atoms with van der Waals surface area (Å²) in [4.78, 5) is 0. The van der Waals surface area contributed by atoms with Crippen molar-refractivity contribution in [2.75, 3.05) is 0 Å². The van der Waals surface area contributed by atoms with Crippen molar-refractivity contribution in [3.05, 3.63) is 67.6 Å². The fourth-order valence-corrected chi connectivity index (χ4v) is 2.77. The predicted octanol–water partition coefficient (Wildman–Crippen LogP) is 5.28. The van der Waals surface area contributed by atoms with Crippen LogP contribution < -0.4 is 0 Å². The maximum Gasteiger partial charge on any atom is 0.226 e. The highest BCUT2D eigenvalue weighted by atomic mass is 79.9. The monoisotopic (exact) mass is 370 g/mol. The lowest BCUT2D eigenvalue weighted by Gasteiger charge is -2.05. The van der Waals surface area contributed by atoms with Crippen LogP contribution in [0.1, 0.15) is 23.0 Å². The Morgan fingerprint density at radius 1 is 1.10 bits per heavy atom. The van der Waals surface area contributed by atoms with Gasteiger partial charge in [-0.05, 0) is 35.9 Å². The molecule has 0 bridgehead atoms. The summed E-state index contributed by atoms with van der Waals surface area (Å²) in [6, 6.07) is 11.3. The van der Waals surface area contributed by atoms with Gasteiger partial charge in [-0.1, -0.05) is 51.3 Å². The minimum Gasteiger partial charge on any atom is -0.460 e. The average Bonchev–Trinajstić information content (AvgIpc) is 2.74. The molecule has 0 aromatic heterocycles. The third kappa shape index (κ3) is 2.47. The quantitative estimate of drug-likeness (QED) is 0.739. The Labute approximate surface area is 134 Å². The average molecular weight is 372 g/mol. The normalized spacial score (nSPS) is 19.0. The van der Waals surface area contributed by atoms with Gasteiger partial charge in [-0.25, -0.2) is 0 Å². The summed E-state index contributed by atoms with van der Waals surface area (Å²) in [5.74, 6) is 0.577. The lowest BCUT2D eigenvalue weighted by Crippen LogP contribution is -1.93. The molecule has 0 radical (unpaired) electrons. The van der Waals surface area contributed by atoms with Crippen molar-refractivity contribution >= 4 is 51.0 Å². The first kappa shape index (κ1) is 14.0. The molecule has 0 saturated carbocycles. The number of benzene rings is 2. The smallest absolute Gasteiger partial charge is 0.226 e. The summed E-state index contributed by atoms with van der Waals surface area (Å²) in [6.07, 6.45) is 0.768. The molecule has 1 atom stereocenters. The van der Waals surface area contributed by atoms with E-state index in [1.165, 1.54) is 0 Å². The third-order valence-corrected chi connectivity index (χ3v) is 4.40. The highest BCUT2D eigenvalue weighted by Gasteiger charge is 2.29. The Bertz CT molecular complexity index is 696. The highest BCUT2D eigenvalue weighted by molar-refractivity contribution is 9.10. The van der Waals surface area contributed by atoms with Crippen molar-refractivity contribution in [3.63, 3.8) is 0 Å². The Morgan fingerprint density at radius 2 is 1.80 bits per heavy atom. The second-order valence-electron chi connectivity index (χ2n) is 4.35. The molecule has 3 rings (SSSR count). The second kappa shape index (κ2) is 5.41. The number of aliphatic hydroxyl groups excluding tert-OH is 1. The van der Waals surface area contributed by atoms with Crippen LogP contribution in [0.5, 0.6) is 0 Å². The molecule has 0 fully saturated rings. The molecule has 0 aliphatic carbocycles. The number of hydrogen-bond acceptors (Lipinski definition) is 2. The van der Waals surface area contributed by atoms with E-state index < -0.39 is 6.29 Å². The molecule has 2 aromatic carbocycles. The minimum atomic E-state index is -1.09. The van der Waals surface area contributed by atoms with E-state index in [9.17, 15) is 5.11 Å². The van der Waals surface area contributed by atoms with Crippen LogP contribution in [0.3, 0.4) is 0 Å². The minimum absolute atomic E-state index is 0.330. The van der Waals surface area contributed by atoms with Crippen LogP contribution in [0, 0.1) is 0 Å². The standard InChI is InChI=1S/C15H9BrCl2O2/c16-9-3-1-8(2-4-9)7-12-10-5-6-11(17)14(18)13(10)15(19)20-12/h1-7,15,19H/b12-7-. The van der Waals surface area contributed by atoms with Gasteiger partial charge in [0.15, 0.2) is 0 Å². The Morgan fingerprint density at radius 3 is 2.50 bits per heavy atom. The zero-order valence-corrected chi connectivity index (χ0v) is 13.2. The summed E-state index contributed by atoms with van der Waals surface area (Å²) in [5, 5.41) is 10.7. The molecular formula is C15H9BrCl2O2. The Balaban J connectivity index is 2.07. The molecule has 5 heteroatoms. The molecule has 102 valence electrons. The maximum atomic E-state index is 9.97. The van der Waals surface area contributed by atoms with Gasteiger partial charge in [0.2, 0.25) is 6.29 Å². The molecule has 1 aliphatic heterocycles. The number of hydrogen-bond donors (Lipinski definition) is 1. The zero-order chi connectivity index (χ0) is 14.3. The number of ether oxygens (including phenoxy) is 1. The van der Waals surface area contributed by atoms with Gasteiger partial charge in [0.25, 0.3) is 0 Å². The van der Waals surface area contributed by atoms with Crippen molar-refractivity contribution in [1.82, 2.24) is 0 Å². The molecular weight excluding hydrogens is 363 g/mol. The Hall–Kier alpha value is -1.000. The fraction of sp³-hybridized carbons (Fsp3) is 0.0667. The Kier molecular flexibility index (Phi) is 3.78. The van der Waals surface area contributed by atoms with E-state index in [2.05, 4.69) is 15.9 Å². The lowest BCUT2D eigenvalue weighted by atomic mass is 10.1. The highest BCUT2D eigenvalue weighted by Crippen LogP contribution is 2.44. The topological polar surface area (TPSA) is 29.5 Å². The second-order valence-corrected chi connectivity index (χ2v) is 6.05. The van der Waals surface area contributed by atoms with Gasteiger partial charge in [0, 0.05) is 10.0 Å². The van der Waals surface area contributed by atoms with Crippen LogP contribution in [0.25, 0.3) is 11.8 Å². The molecule has 0 spiro atoms. The van der Waals surface area contributed by atoms with Gasteiger partial charge in [-0.2, -0.15) is 0 Å². The van der Waals surface area contributed by atoms with Crippen LogP contribution in [-0.2, 0) is 4.74 Å². The zero-order valence-electron chi connectivity index (χ0n) is 10.1. The number of aliphatic hydroxyl groups is 1. The van der Waals surface area contributed by atoms with E-state index in [1.54, 1.807) is 12.1 Å². The van der Waals surface area contributed by atoms with Crippen molar-refractivity contribution in [1.29, 1.82) is 0 Å². The van der Waals surface area contributed by atoms with Gasteiger partial charge in [0.1, 0.15) is 5.76 Å². The van der Waals surface area contributed by atoms with Gasteiger partial charge in [0.05, 0.1) is 15.6 Å². The fourth-order valence-electron chi connectivity index (χ4n) is 2.09. The molecule has 2 nitrogen and oxygen atoms in total. The summed E-state index contributed by atoms with van der Waals surface area (Å²) in [7, 11) is 0. The van der Waals surface area contributed by atoms with E-state index in [1.807, 2.05) is 30.3 Å². The van der Waals surface area contributed by atoms with Gasteiger partial charge in [-0.3, -0.25) is 0 Å². The summed E-state index contributed by atoms with van der Waals surface area (Å²) in [5.41, 5.74) is 2.24. The molecule has 1 N–H and O–H groups in total. The third-order valence-electron chi connectivity index (χ3n) is 3.05. The molecule has 2 aromatic rings. The van der Waals surface area contributed by atoms with Crippen LogP contribution >= 0.6 is 39.1 Å². The van der Waals surface area contributed by atoms with Gasteiger partial charge >= 0.3 is 0 Å². The van der Waals surface area contributed by atoms with Crippen LogP contribution in [0.4, 0.5) is 0 Å². The number of halogens is 3. The van der Waals surface area contributed by atoms with Crippen molar-refractivity contribution < 1.29 is 9.84 Å². The molecule has 1 unspecified atom stereocenters. The lowest BCUT2D eigenvalue weighted by molar-refractivity contribution is -0.0288. The maximum absolute atomic E-state index is 9.97. The van der Waals surface area contributed by atoms with E-state index in [0.717, 1.165) is 15.6 Å². The predicted molar refractivity (Wildman–Crippen MR) is 84.5 cm³/mol. The van der Waals surface area contributed by atoms with E-state index in [-0.39, 0.29) is 0 Å². The largest absolute Gasteiger partial charge is 0.460 e. The van der Waals surface area contributed by atoms with E-state index in [4.69, 9.17) is 27.9 Å². The molecule has 1 aliphatic rings. The van der Waals surface area contributed by atoms with Crippen molar-refractivity contribution in [2.45, 2.75) is 6.29 Å². The first-order chi connectivity index (χ1) is 9.56.